The van der Waals surface area contributed by atoms with Gasteiger partial charge in [0.2, 0.25) is 0 Å². The highest BCUT2D eigenvalue weighted by molar-refractivity contribution is 5.68. The molecule has 0 saturated heterocycles. The Morgan fingerprint density at radius 1 is 1.38 bits per heavy atom. The first-order chi connectivity index (χ1) is 9.79. The molecule has 0 aliphatic heterocycles. The van der Waals surface area contributed by atoms with Crippen LogP contribution in [0.1, 0.15) is 40.3 Å². The number of aromatic nitrogens is 1. The summed E-state index contributed by atoms with van der Waals surface area (Å²) in [6.45, 7) is 11.6. The molecular weight excluding hydrogens is 266 g/mol. The molecule has 1 N–H and O–H groups in total. The van der Waals surface area contributed by atoms with Gasteiger partial charge in [0.15, 0.2) is 0 Å². The molecule has 5 nitrogen and oxygen atoms in total. The number of nitrogens with zero attached hydrogens (tertiary/aromatic N) is 2. The minimum atomic E-state index is -0.467. The third kappa shape index (κ3) is 7.09. The van der Waals surface area contributed by atoms with Crippen molar-refractivity contribution >= 4 is 6.09 Å². The number of carbonyl (C=O) groups is 1. The maximum atomic E-state index is 12.1. The van der Waals surface area contributed by atoms with Crippen LogP contribution in [0.3, 0.4) is 0 Å². The average molecular weight is 293 g/mol. The van der Waals surface area contributed by atoms with Gasteiger partial charge in [-0.3, -0.25) is 4.98 Å². The molecule has 21 heavy (non-hydrogen) atoms. The SMILES string of the molecule is CC(C)N(CCNCc1ccccn1)C(=O)OC(C)(C)C. The highest BCUT2D eigenvalue weighted by Crippen LogP contribution is 2.11. The van der Waals surface area contributed by atoms with Crippen molar-refractivity contribution in [2.45, 2.75) is 52.8 Å². The van der Waals surface area contributed by atoms with Gasteiger partial charge in [-0.05, 0) is 46.8 Å². The summed E-state index contributed by atoms with van der Waals surface area (Å²) in [5, 5.41) is 3.29. The Kier molecular flexibility index (Phi) is 6.62. The molecule has 1 heterocycles. The van der Waals surface area contributed by atoms with E-state index in [-0.39, 0.29) is 12.1 Å². The first-order valence-electron chi connectivity index (χ1n) is 7.40. The number of pyridine rings is 1. The molecule has 0 unspecified atom stereocenters. The van der Waals surface area contributed by atoms with E-state index in [0.29, 0.717) is 19.6 Å². The van der Waals surface area contributed by atoms with Gasteiger partial charge >= 0.3 is 6.09 Å². The van der Waals surface area contributed by atoms with Crippen molar-refractivity contribution in [3.63, 3.8) is 0 Å². The molecular formula is C16H27N3O2. The van der Waals surface area contributed by atoms with Crippen molar-refractivity contribution in [2.75, 3.05) is 13.1 Å². The highest BCUT2D eigenvalue weighted by Gasteiger charge is 2.23. The zero-order chi connectivity index (χ0) is 15.9. The maximum Gasteiger partial charge on any atom is 0.410 e. The molecule has 0 aromatic carbocycles. The number of hydrogen-bond donors (Lipinski definition) is 1. The maximum absolute atomic E-state index is 12.1. The Morgan fingerprint density at radius 2 is 2.10 bits per heavy atom. The third-order valence-corrected chi connectivity index (χ3v) is 2.81. The van der Waals surface area contributed by atoms with Gasteiger partial charge in [-0.25, -0.2) is 4.79 Å². The molecule has 118 valence electrons. The summed E-state index contributed by atoms with van der Waals surface area (Å²) in [5.41, 5.74) is 0.525. The number of hydrogen-bond acceptors (Lipinski definition) is 4. The van der Waals surface area contributed by atoms with Crippen LogP contribution in [-0.2, 0) is 11.3 Å². The molecule has 0 radical (unpaired) electrons. The lowest BCUT2D eigenvalue weighted by atomic mass is 10.2. The van der Waals surface area contributed by atoms with E-state index in [0.717, 1.165) is 5.69 Å². The van der Waals surface area contributed by atoms with Gasteiger partial charge in [0.25, 0.3) is 0 Å². The largest absolute Gasteiger partial charge is 0.444 e. The summed E-state index contributed by atoms with van der Waals surface area (Å²) in [5.74, 6) is 0. The van der Waals surface area contributed by atoms with Crippen molar-refractivity contribution in [1.29, 1.82) is 0 Å². The van der Waals surface area contributed by atoms with E-state index in [1.165, 1.54) is 0 Å². The Labute approximate surface area is 127 Å². The summed E-state index contributed by atoms with van der Waals surface area (Å²) < 4.78 is 5.42. The number of nitrogens with one attached hydrogen (secondary N) is 1. The van der Waals surface area contributed by atoms with Crippen LogP contribution in [-0.4, -0.2) is 40.7 Å². The van der Waals surface area contributed by atoms with Crippen LogP contribution in [0.5, 0.6) is 0 Å². The van der Waals surface area contributed by atoms with E-state index in [4.69, 9.17) is 4.74 Å². The molecule has 1 rings (SSSR count). The number of ether oxygens (including phenoxy) is 1. The van der Waals surface area contributed by atoms with E-state index in [9.17, 15) is 4.79 Å². The fourth-order valence-corrected chi connectivity index (χ4v) is 1.80. The van der Waals surface area contributed by atoms with Crippen LogP contribution >= 0.6 is 0 Å². The van der Waals surface area contributed by atoms with Crippen LogP contribution in [0, 0.1) is 0 Å². The summed E-state index contributed by atoms with van der Waals surface area (Å²) in [6, 6.07) is 5.94. The van der Waals surface area contributed by atoms with E-state index in [2.05, 4.69) is 10.3 Å². The number of amides is 1. The Bertz CT molecular complexity index is 427. The van der Waals surface area contributed by atoms with E-state index in [1.54, 1.807) is 11.1 Å². The molecule has 0 fully saturated rings. The smallest absolute Gasteiger partial charge is 0.410 e. The molecule has 0 aliphatic carbocycles. The van der Waals surface area contributed by atoms with Crippen LogP contribution < -0.4 is 5.32 Å². The zero-order valence-electron chi connectivity index (χ0n) is 13.7. The molecule has 1 amide bonds. The lowest BCUT2D eigenvalue weighted by molar-refractivity contribution is 0.0193. The topological polar surface area (TPSA) is 54.5 Å². The molecule has 5 heteroatoms. The Morgan fingerprint density at radius 3 is 2.62 bits per heavy atom. The third-order valence-electron chi connectivity index (χ3n) is 2.81. The lowest BCUT2D eigenvalue weighted by Gasteiger charge is -2.30. The van der Waals surface area contributed by atoms with Gasteiger partial charge in [0, 0.05) is 31.9 Å². The first-order valence-corrected chi connectivity index (χ1v) is 7.40. The molecule has 0 bridgehead atoms. The van der Waals surface area contributed by atoms with Gasteiger partial charge < -0.3 is 15.0 Å². The predicted octanol–water partition coefficient (Wildman–Crippen LogP) is 2.82. The van der Waals surface area contributed by atoms with Gasteiger partial charge in [-0.2, -0.15) is 0 Å². The van der Waals surface area contributed by atoms with Crippen molar-refractivity contribution < 1.29 is 9.53 Å². The second-order valence-electron chi connectivity index (χ2n) is 6.27. The Hall–Kier alpha value is -1.62. The van der Waals surface area contributed by atoms with E-state index in [1.807, 2.05) is 52.8 Å². The van der Waals surface area contributed by atoms with Gasteiger partial charge in [-0.1, -0.05) is 6.07 Å². The fourth-order valence-electron chi connectivity index (χ4n) is 1.80. The van der Waals surface area contributed by atoms with Crippen molar-refractivity contribution in [1.82, 2.24) is 15.2 Å². The van der Waals surface area contributed by atoms with E-state index >= 15 is 0 Å². The van der Waals surface area contributed by atoms with Crippen LogP contribution in [0.15, 0.2) is 24.4 Å². The summed E-state index contributed by atoms with van der Waals surface area (Å²) in [6.07, 6.45) is 1.51. The fraction of sp³-hybridized carbons (Fsp3) is 0.625. The molecule has 1 aromatic heterocycles. The standard InChI is InChI=1S/C16H27N3O2/c1-13(2)19(15(20)21-16(3,4)5)11-10-17-12-14-8-6-7-9-18-14/h6-9,13,17H,10-12H2,1-5H3. The van der Waals surface area contributed by atoms with Gasteiger partial charge in [0.05, 0.1) is 5.69 Å². The normalized spacial score (nSPS) is 11.5. The monoisotopic (exact) mass is 293 g/mol. The van der Waals surface area contributed by atoms with Crippen LogP contribution in [0.25, 0.3) is 0 Å². The molecule has 0 spiro atoms. The predicted molar refractivity (Wildman–Crippen MR) is 84.0 cm³/mol. The quantitative estimate of drug-likeness (QED) is 0.819. The second-order valence-corrected chi connectivity index (χ2v) is 6.27. The first kappa shape index (κ1) is 17.4. The van der Waals surface area contributed by atoms with Crippen molar-refractivity contribution in [3.05, 3.63) is 30.1 Å². The summed E-state index contributed by atoms with van der Waals surface area (Å²) in [7, 11) is 0. The van der Waals surface area contributed by atoms with Crippen molar-refractivity contribution in [2.24, 2.45) is 0 Å². The molecule has 1 aromatic rings. The molecule has 0 aliphatic rings. The lowest BCUT2D eigenvalue weighted by Crippen LogP contribution is -2.44. The Balaban J connectivity index is 2.39. The van der Waals surface area contributed by atoms with Gasteiger partial charge in [-0.15, -0.1) is 0 Å². The molecule has 0 saturated carbocycles. The summed E-state index contributed by atoms with van der Waals surface area (Å²) >= 11 is 0. The number of rotatable bonds is 6. The minimum absolute atomic E-state index is 0.108. The van der Waals surface area contributed by atoms with E-state index < -0.39 is 5.60 Å². The van der Waals surface area contributed by atoms with Gasteiger partial charge in [0.1, 0.15) is 5.60 Å². The van der Waals surface area contributed by atoms with Crippen molar-refractivity contribution in [3.8, 4) is 0 Å². The summed E-state index contributed by atoms with van der Waals surface area (Å²) in [4.78, 5) is 18.1. The molecule has 0 atom stereocenters. The highest BCUT2D eigenvalue weighted by atomic mass is 16.6. The zero-order valence-corrected chi connectivity index (χ0v) is 13.7. The van der Waals surface area contributed by atoms with Crippen LogP contribution in [0.4, 0.5) is 4.79 Å². The average Bonchev–Trinajstić information content (AvgIpc) is 2.37. The number of carbonyl (C=O) groups excluding carboxylic acids is 1. The van der Waals surface area contributed by atoms with Crippen LogP contribution in [0.2, 0.25) is 0 Å². The second kappa shape index (κ2) is 7.98. The minimum Gasteiger partial charge on any atom is -0.444 e.